The summed E-state index contributed by atoms with van der Waals surface area (Å²) in [6, 6.07) is 4.32. The maximum Gasteiger partial charge on any atom is 0.534 e. The van der Waals surface area contributed by atoms with Gasteiger partial charge in [0.25, 0.3) is 0 Å². The van der Waals surface area contributed by atoms with Gasteiger partial charge in [0.2, 0.25) is 5.67 Å². The van der Waals surface area contributed by atoms with E-state index in [0.29, 0.717) is 0 Å². The molecule has 1 saturated carbocycles. The highest BCUT2D eigenvalue weighted by atomic mass is 32.2. The predicted octanol–water partition coefficient (Wildman–Crippen LogP) is 3.53. The SMILES string of the molecule is C1CC1.COC(=O)C(C)(F)Cc1cccc(OS(=O)(=O)C(F)(F)F)c1. The molecule has 1 aliphatic rings. The number of hydrogen-bond acceptors (Lipinski definition) is 5. The molecular weight excluding hydrogens is 368 g/mol. The fraction of sp³-hybridized carbons (Fsp3) is 0.533. The zero-order valence-electron chi connectivity index (χ0n) is 13.6. The number of ether oxygens (including phenoxy) is 1. The second-order valence-electron chi connectivity index (χ2n) is 5.56. The predicted molar refractivity (Wildman–Crippen MR) is 81.1 cm³/mol. The minimum Gasteiger partial charge on any atom is -0.467 e. The lowest BCUT2D eigenvalue weighted by Crippen LogP contribution is -2.33. The first-order chi connectivity index (χ1) is 11.4. The van der Waals surface area contributed by atoms with Gasteiger partial charge in [0.05, 0.1) is 7.11 Å². The monoisotopic (exact) mass is 386 g/mol. The van der Waals surface area contributed by atoms with Crippen molar-refractivity contribution in [2.45, 2.75) is 43.8 Å². The number of carbonyl (C=O) groups is 1. The van der Waals surface area contributed by atoms with Gasteiger partial charge in [0.1, 0.15) is 5.75 Å². The fourth-order valence-corrected chi connectivity index (χ4v) is 2.00. The third-order valence-electron chi connectivity index (χ3n) is 2.89. The highest BCUT2D eigenvalue weighted by Crippen LogP contribution is 2.28. The quantitative estimate of drug-likeness (QED) is 0.335. The molecule has 10 heteroatoms. The van der Waals surface area contributed by atoms with Crippen LogP contribution in [0.3, 0.4) is 0 Å². The number of esters is 1. The summed E-state index contributed by atoms with van der Waals surface area (Å²) in [5.41, 5.74) is -7.94. The average molecular weight is 386 g/mol. The Morgan fingerprint density at radius 2 is 1.72 bits per heavy atom. The molecule has 0 saturated heterocycles. The van der Waals surface area contributed by atoms with Crippen molar-refractivity contribution in [3.8, 4) is 5.75 Å². The molecule has 1 fully saturated rings. The van der Waals surface area contributed by atoms with Crippen LogP contribution in [0.25, 0.3) is 0 Å². The summed E-state index contributed by atoms with van der Waals surface area (Å²) in [7, 11) is -4.84. The smallest absolute Gasteiger partial charge is 0.467 e. The zero-order chi connectivity index (χ0) is 19.3. The van der Waals surface area contributed by atoms with Crippen LogP contribution in [0.15, 0.2) is 24.3 Å². The number of carbonyl (C=O) groups excluding carboxylic acids is 1. The van der Waals surface area contributed by atoms with Gasteiger partial charge in [-0.2, -0.15) is 21.6 Å². The lowest BCUT2D eigenvalue weighted by atomic mass is 9.98. The van der Waals surface area contributed by atoms with Crippen molar-refractivity contribution in [2.75, 3.05) is 7.11 Å². The first kappa shape index (κ1) is 21.2. The van der Waals surface area contributed by atoms with Crippen LogP contribution in [0, 0.1) is 0 Å². The maximum atomic E-state index is 14.0. The molecule has 0 N–H and O–H groups in total. The molecule has 0 heterocycles. The van der Waals surface area contributed by atoms with Crippen LogP contribution in [0.2, 0.25) is 0 Å². The second kappa shape index (κ2) is 8.03. The van der Waals surface area contributed by atoms with Crippen molar-refractivity contribution >= 4 is 16.1 Å². The Bertz CT molecular complexity index is 693. The van der Waals surface area contributed by atoms with Gasteiger partial charge in [-0.3, -0.25) is 0 Å². The standard InChI is InChI=1S/C12H12F4O5S.C3H6/c1-11(13,10(17)20-2)7-8-4-3-5-9(6-8)21-22(18,19)12(14,15)16;1-2-3-1/h3-6H,7H2,1-2H3;1-3H2. The van der Waals surface area contributed by atoms with Gasteiger partial charge in [0, 0.05) is 6.42 Å². The highest BCUT2D eigenvalue weighted by molar-refractivity contribution is 7.88. The van der Waals surface area contributed by atoms with Gasteiger partial charge in [-0.1, -0.05) is 31.4 Å². The molecule has 0 amide bonds. The number of methoxy groups -OCH3 is 1. The van der Waals surface area contributed by atoms with Crippen LogP contribution in [0.1, 0.15) is 31.7 Å². The van der Waals surface area contributed by atoms with Crippen molar-refractivity contribution < 1.29 is 39.7 Å². The van der Waals surface area contributed by atoms with E-state index in [9.17, 15) is 30.8 Å². The van der Waals surface area contributed by atoms with Crippen molar-refractivity contribution in [3.05, 3.63) is 29.8 Å². The Labute approximate surface area is 143 Å². The van der Waals surface area contributed by atoms with E-state index >= 15 is 0 Å². The molecule has 0 spiro atoms. The highest BCUT2D eigenvalue weighted by Gasteiger charge is 2.48. The Kier molecular flexibility index (Phi) is 6.81. The van der Waals surface area contributed by atoms with Crippen molar-refractivity contribution in [1.29, 1.82) is 0 Å². The molecule has 1 unspecified atom stereocenters. The fourth-order valence-electron chi connectivity index (χ4n) is 1.55. The third kappa shape index (κ3) is 6.89. The Hall–Kier alpha value is -1.84. The van der Waals surface area contributed by atoms with E-state index < -0.39 is 39.4 Å². The van der Waals surface area contributed by atoms with E-state index in [1.54, 1.807) is 0 Å². The van der Waals surface area contributed by atoms with Crippen LogP contribution in [0.5, 0.6) is 5.75 Å². The van der Waals surface area contributed by atoms with E-state index in [-0.39, 0.29) is 5.56 Å². The van der Waals surface area contributed by atoms with Gasteiger partial charge in [0.15, 0.2) is 0 Å². The average Bonchev–Trinajstić information content (AvgIpc) is 3.32. The Morgan fingerprint density at radius 1 is 1.16 bits per heavy atom. The first-order valence-corrected chi connectivity index (χ1v) is 8.67. The van der Waals surface area contributed by atoms with Crippen molar-refractivity contribution in [1.82, 2.24) is 0 Å². The molecule has 0 aliphatic heterocycles. The number of hydrogen-bond donors (Lipinski definition) is 0. The molecule has 1 aromatic carbocycles. The van der Waals surface area contributed by atoms with Gasteiger partial charge in [-0.15, -0.1) is 0 Å². The molecule has 142 valence electrons. The summed E-state index contributed by atoms with van der Waals surface area (Å²) < 4.78 is 80.6. The Morgan fingerprint density at radius 3 is 2.16 bits per heavy atom. The van der Waals surface area contributed by atoms with Crippen LogP contribution >= 0.6 is 0 Å². The van der Waals surface area contributed by atoms with Crippen LogP contribution < -0.4 is 4.18 Å². The molecule has 2 rings (SSSR count). The summed E-state index contributed by atoms with van der Waals surface area (Å²) >= 11 is 0. The normalized spacial score (nSPS) is 16.1. The number of benzene rings is 1. The van der Waals surface area contributed by atoms with Gasteiger partial charge in [-0.25, -0.2) is 9.18 Å². The lowest BCUT2D eigenvalue weighted by Gasteiger charge is -2.17. The third-order valence-corrected chi connectivity index (χ3v) is 3.87. The van der Waals surface area contributed by atoms with Gasteiger partial charge in [-0.05, 0) is 24.6 Å². The summed E-state index contributed by atoms with van der Waals surface area (Å²) in [4.78, 5) is 11.2. The molecule has 1 aliphatic carbocycles. The molecule has 25 heavy (non-hydrogen) atoms. The van der Waals surface area contributed by atoms with Crippen molar-refractivity contribution in [2.24, 2.45) is 0 Å². The van der Waals surface area contributed by atoms with Gasteiger partial charge < -0.3 is 8.92 Å². The van der Waals surface area contributed by atoms with E-state index in [4.69, 9.17) is 0 Å². The zero-order valence-corrected chi connectivity index (χ0v) is 14.4. The molecule has 0 radical (unpaired) electrons. The summed E-state index contributed by atoms with van der Waals surface area (Å²) in [6.45, 7) is 0.929. The summed E-state index contributed by atoms with van der Waals surface area (Å²) in [6.07, 6.45) is 3.98. The van der Waals surface area contributed by atoms with Crippen LogP contribution in [-0.4, -0.2) is 32.7 Å². The molecule has 0 bridgehead atoms. The van der Waals surface area contributed by atoms with E-state index in [1.165, 1.54) is 31.4 Å². The Balaban J connectivity index is 0.000000934. The van der Waals surface area contributed by atoms with E-state index in [2.05, 4.69) is 8.92 Å². The molecule has 1 atom stereocenters. The maximum absolute atomic E-state index is 14.0. The summed E-state index contributed by atoms with van der Waals surface area (Å²) in [5.74, 6) is -1.81. The minimum absolute atomic E-state index is 0.0604. The van der Waals surface area contributed by atoms with Crippen LogP contribution in [0.4, 0.5) is 17.6 Å². The molecular formula is C15H18F4O5S. The molecule has 0 aromatic heterocycles. The number of alkyl halides is 4. The minimum atomic E-state index is -5.82. The largest absolute Gasteiger partial charge is 0.534 e. The van der Waals surface area contributed by atoms with E-state index in [0.717, 1.165) is 26.2 Å². The van der Waals surface area contributed by atoms with Crippen LogP contribution in [-0.2, 0) is 26.1 Å². The number of halogens is 4. The lowest BCUT2D eigenvalue weighted by molar-refractivity contribution is -0.153. The molecule has 1 aromatic rings. The second-order valence-corrected chi connectivity index (χ2v) is 7.09. The van der Waals surface area contributed by atoms with Crippen molar-refractivity contribution in [3.63, 3.8) is 0 Å². The van der Waals surface area contributed by atoms with Gasteiger partial charge >= 0.3 is 21.6 Å². The number of rotatable bonds is 5. The topological polar surface area (TPSA) is 69.7 Å². The van der Waals surface area contributed by atoms with E-state index in [1.807, 2.05) is 0 Å². The first-order valence-electron chi connectivity index (χ1n) is 7.26. The molecule has 5 nitrogen and oxygen atoms in total. The summed E-state index contributed by atoms with van der Waals surface area (Å²) in [5, 5.41) is 0.